The van der Waals surface area contributed by atoms with E-state index in [0.29, 0.717) is 16.3 Å². The number of nitrogens with zero attached hydrogens (tertiary/aromatic N) is 2. The molecule has 3 rings (SSSR count). The minimum atomic E-state index is -0.585. The van der Waals surface area contributed by atoms with Gasteiger partial charge in [0.1, 0.15) is 17.1 Å². The fourth-order valence-corrected chi connectivity index (χ4v) is 3.20. The number of thioether (sulfide) groups is 1. The number of esters is 1. The van der Waals surface area contributed by atoms with Gasteiger partial charge in [-0.15, -0.1) is 0 Å². The second-order valence-electron chi connectivity index (χ2n) is 5.85. The van der Waals surface area contributed by atoms with Crippen molar-refractivity contribution in [3.05, 3.63) is 58.9 Å². The number of para-hydroxylation sites is 2. The summed E-state index contributed by atoms with van der Waals surface area (Å²) in [6.45, 7) is -0.477. The number of carbonyl (C=O) groups excluding carboxylic acids is 2. The summed E-state index contributed by atoms with van der Waals surface area (Å²) in [5.74, 6) is -1.61. The molecule has 1 amide bonds. The van der Waals surface area contributed by atoms with E-state index in [-0.39, 0.29) is 22.9 Å². The van der Waals surface area contributed by atoms with Crippen LogP contribution in [0.5, 0.6) is 0 Å². The van der Waals surface area contributed by atoms with Crippen LogP contribution in [0.15, 0.2) is 52.1 Å². The van der Waals surface area contributed by atoms with E-state index in [4.69, 9.17) is 20.8 Å². The van der Waals surface area contributed by atoms with Crippen LogP contribution in [-0.4, -0.2) is 41.2 Å². The Hall–Kier alpha value is -2.58. The highest BCUT2D eigenvalue weighted by Crippen LogP contribution is 2.23. The molecule has 0 aliphatic carbocycles. The van der Waals surface area contributed by atoms with Crippen molar-refractivity contribution >= 4 is 46.3 Å². The molecule has 0 saturated heterocycles. The van der Waals surface area contributed by atoms with Crippen molar-refractivity contribution in [2.45, 2.75) is 11.8 Å². The van der Waals surface area contributed by atoms with E-state index >= 15 is 0 Å². The molecule has 3 aromatic rings. The summed E-state index contributed by atoms with van der Waals surface area (Å²) in [5.41, 5.74) is 1.53. The lowest BCUT2D eigenvalue weighted by Gasteiger charge is -2.18. The van der Waals surface area contributed by atoms with E-state index in [9.17, 15) is 14.0 Å². The summed E-state index contributed by atoms with van der Waals surface area (Å²) in [4.78, 5) is 29.5. The van der Waals surface area contributed by atoms with Gasteiger partial charge in [0.2, 0.25) is 0 Å². The van der Waals surface area contributed by atoms with Gasteiger partial charge in [0.05, 0.1) is 0 Å². The molecule has 146 valence electrons. The summed E-state index contributed by atoms with van der Waals surface area (Å²) >= 11 is 7.03. The third-order valence-corrected chi connectivity index (χ3v) is 4.98. The minimum Gasteiger partial charge on any atom is -0.455 e. The van der Waals surface area contributed by atoms with Crippen molar-refractivity contribution in [2.24, 2.45) is 0 Å². The molecular formula is C19H16ClFN2O4S. The van der Waals surface area contributed by atoms with E-state index in [2.05, 4.69) is 4.98 Å². The fourth-order valence-electron chi connectivity index (χ4n) is 2.34. The molecule has 0 aliphatic heterocycles. The first kappa shape index (κ1) is 20.2. The quantitative estimate of drug-likeness (QED) is 0.424. The highest BCUT2D eigenvalue weighted by molar-refractivity contribution is 7.99. The van der Waals surface area contributed by atoms with E-state index < -0.39 is 24.3 Å². The Morgan fingerprint density at radius 3 is 2.79 bits per heavy atom. The number of benzene rings is 2. The SMILES string of the molecule is CN(Cc1c(F)cccc1Cl)C(=O)COC(=O)CSc1nc2ccccc2o1. The van der Waals surface area contributed by atoms with E-state index in [1.54, 1.807) is 18.2 Å². The topological polar surface area (TPSA) is 72.6 Å². The Kier molecular flexibility index (Phi) is 6.53. The van der Waals surface area contributed by atoms with Crippen LogP contribution in [0.4, 0.5) is 4.39 Å². The molecule has 9 heteroatoms. The molecule has 0 atom stereocenters. The van der Waals surface area contributed by atoms with Gasteiger partial charge < -0.3 is 14.1 Å². The highest BCUT2D eigenvalue weighted by atomic mass is 35.5. The molecule has 0 bridgehead atoms. The zero-order chi connectivity index (χ0) is 20.1. The monoisotopic (exact) mass is 422 g/mol. The number of carbonyl (C=O) groups is 2. The first-order valence-corrected chi connectivity index (χ1v) is 9.61. The minimum absolute atomic E-state index is 0.0282. The third kappa shape index (κ3) is 5.02. The average molecular weight is 423 g/mol. The van der Waals surface area contributed by atoms with Gasteiger partial charge in [0.25, 0.3) is 11.1 Å². The number of halogens is 2. The number of likely N-dealkylation sites (N-methyl/N-ethyl adjacent to an activating group) is 1. The Morgan fingerprint density at radius 2 is 2.04 bits per heavy atom. The van der Waals surface area contributed by atoms with Crippen molar-refractivity contribution in [3.8, 4) is 0 Å². The van der Waals surface area contributed by atoms with Gasteiger partial charge in [-0.25, -0.2) is 9.37 Å². The second-order valence-corrected chi connectivity index (χ2v) is 7.18. The Balaban J connectivity index is 1.46. The zero-order valence-electron chi connectivity index (χ0n) is 14.9. The van der Waals surface area contributed by atoms with Crippen molar-refractivity contribution in [1.82, 2.24) is 9.88 Å². The van der Waals surface area contributed by atoms with Crippen LogP contribution in [0.25, 0.3) is 11.1 Å². The maximum atomic E-state index is 13.8. The number of amides is 1. The third-order valence-electron chi connectivity index (χ3n) is 3.83. The van der Waals surface area contributed by atoms with Crippen LogP contribution in [-0.2, 0) is 20.9 Å². The Morgan fingerprint density at radius 1 is 1.25 bits per heavy atom. The largest absolute Gasteiger partial charge is 0.455 e. The summed E-state index contributed by atoms with van der Waals surface area (Å²) < 4.78 is 24.3. The maximum Gasteiger partial charge on any atom is 0.316 e. The van der Waals surface area contributed by atoms with Gasteiger partial charge in [-0.1, -0.05) is 41.6 Å². The number of fused-ring (bicyclic) bond motifs is 1. The number of hydrogen-bond donors (Lipinski definition) is 0. The lowest BCUT2D eigenvalue weighted by molar-refractivity contribution is -0.149. The lowest BCUT2D eigenvalue weighted by atomic mass is 10.2. The van der Waals surface area contributed by atoms with E-state index in [1.807, 2.05) is 12.1 Å². The molecule has 1 aromatic heterocycles. The Labute approximate surface area is 169 Å². The molecule has 0 spiro atoms. The molecule has 6 nitrogen and oxygen atoms in total. The van der Waals surface area contributed by atoms with Gasteiger partial charge in [-0.05, 0) is 24.3 Å². The van der Waals surface area contributed by atoms with E-state index in [0.717, 1.165) is 11.8 Å². The number of rotatable bonds is 7. The number of aromatic nitrogens is 1. The highest BCUT2D eigenvalue weighted by Gasteiger charge is 2.17. The van der Waals surface area contributed by atoms with Gasteiger partial charge in [-0.2, -0.15) is 0 Å². The first-order valence-electron chi connectivity index (χ1n) is 8.25. The summed E-state index contributed by atoms with van der Waals surface area (Å²) in [6, 6.07) is 11.5. The first-order chi connectivity index (χ1) is 13.4. The van der Waals surface area contributed by atoms with Crippen LogP contribution >= 0.6 is 23.4 Å². The van der Waals surface area contributed by atoms with Gasteiger partial charge in [0, 0.05) is 24.2 Å². The summed E-state index contributed by atoms with van der Waals surface area (Å²) in [6.07, 6.45) is 0. The lowest BCUT2D eigenvalue weighted by Crippen LogP contribution is -2.31. The van der Waals surface area contributed by atoms with Gasteiger partial charge >= 0.3 is 5.97 Å². The van der Waals surface area contributed by atoms with Crippen molar-refractivity contribution in [1.29, 1.82) is 0 Å². The van der Waals surface area contributed by atoms with Crippen molar-refractivity contribution < 1.29 is 23.1 Å². The van der Waals surface area contributed by atoms with E-state index in [1.165, 1.54) is 24.1 Å². The molecular weight excluding hydrogens is 407 g/mol. The molecule has 0 aliphatic rings. The second kappa shape index (κ2) is 9.07. The Bertz CT molecular complexity index is 957. The maximum absolute atomic E-state index is 13.8. The predicted molar refractivity (Wildman–Crippen MR) is 104 cm³/mol. The molecule has 1 heterocycles. The normalized spacial score (nSPS) is 10.8. The number of ether oxygens (including phenoxy) is 1. The predicted octanol–water partition coefficient (Wildman–Crippen LogP) is 3.91. The van der Waals surface area contributed by atoms with Crippen molar-refractivity contribution in [3.63, 3.8) is 0 Å². The molecule has 28 heavy (non-hydrogen) atoms. The zero-order valence-corrected chi connectivity index (χ0v) is 16.4. The smallest absolute Gasteiger partial charge is 0.316 e. The standard InChI is InChI=1S/C19H16ClFN2O4S/c1-23(9-12-13(20)5-4-6-14(12)21)17(24)10-26-18(25)11-28-19-22-15-7-2-3-8-16(15)27-19/h2-8H,9-11H2,1H3. The van der Waals surface area contributed by atoms with Gasteiger partial charge in [0.15, 0.2) is 12.2 Å². The van der Waals surface area contributed by atoms with Crippen LogP contribution in [0.3, 0.4) is 0 Å². The molecule has 0 fully saturated rings. The fraction of sp³-hybridized carbons (Fsp3) is 0.211. The van der Waals surface area contributed by atoms with Gasteiger partial charge in [-0.3, -0.25) is 9.59 Å². The van der Waals surface area contributed by atoms with Crippen LogP contribution in [0, 0.1) is 5.82 Å². The molecule has 2 aromatic carbocycles. The molecule has 0 radical (unpaired) electrons. The molecule has 0 unspecified atom stereocenters. The number of hydrogen-bond acceptors (Lipinski definition) is 6. The van der Waals surface area contributed by atoms with Crippen LogP contribution in [0.2, 0.25) is 5.02 Å². The summed E-state index contributed by atoms with van der Waals surface area (Å²) in [5, 5.41) is 0.571. The number of oxazole rings is 1. The van der Waals surface area contributed by atoms with Crippen molar-refractivity contribution in [2.75, 3.05) is 19.4 Å². The molecule has 0 saturated carbocycles. The van der Waals surface area contributed by atoms with Crippen LogP contribution < -0.4 is 0 Å². The summed E-state index contributed by atoms with van der Waals surface area (Å²) in [7, 11) is 1.48. The molecule has 0 N–H and O–H groups in total. The van der Waals surface area contributed by atoms with Crippen LogP contribution in [0.1, 0.15) is 5.56 Å². The average Bonchev–Trinajstić information content (AvgIpc) is 3.10.